The first kappa shape index (κ1) is 17.0. The van der Waals surface area contributed by atoms with E-state index in [4.69, 9.17) is 0 Å². The number of urea groups is 1. The number of hydrogen-bond acceptors (Lipinski definition) is 4. The number of hydrogen-bond donors (Lipinski definition) is 1. The van der Waals surface area contributed by atoms with E-state index < -0.39 is 11.6 Å². The molecule has 0 aromatic heterocycles. The Hall–Kier alpha value is -2.37. The molecule has 0 aliphatic carbocycles. The van der Waals surface area contributed by atoms with Gasteiger partial charge in [-0.3, -0.25) is 14.5 Å². The second-order valence-electron chi connectivity index (χ2n) is 5.99. The first-order valence-electron chi connectivity index (χ1n) is 7.58. The average Bonchev–Trinajstić information content (AvgIpc) is 2.73. The summed E-state index contributed by atoms with van der Waals surface area (Å²) in [4.78, 5) is 37.2. The third-order valence-electron chi connectivity index (χ3n) is 4.35. The van der Waals surface area contributed by atoms with Crippen LogP contribution in [0.25, 0.3) is 0 Å². The monoisotopic (exact) mass is 318 g/mol. The lowest BCUT2D eigenvalue weighted by molar-refractivity contribution is -0.141. The Morgan fingerprint density at radius 2 is 1.96 bits per heavy atom. The lowest BCUT2D eigenvalue weighted by Gasteiger charge is -2.23. The fraction of sp³-hybridized carbons (Fsp3) is 0.471. The van der Waals surface area contributed by atoms with E-state index in [1.807, 2.05) is 32.0 Å². The van der Waals surface area contributed by atoms with Crippen LogP contribution in [0, 0.1) is 13.8 Å². The van der Waals surface area contributed by atoms with E-state index in [1.54, 1.807) is 6.92 Å². The highest BCUT2D eigenvalue weighted by Gasteiger charge is 2.48. The summed E-state index contributed by atoms with van der Waals surface area (Å²) in [7, 11) is 1.31. The van der Waals surface area contributed by atoms with Gasteiger partial charge in [-0.25, -0.2) is 4.79 Å². The van der Waals surface area contributed by atoms with Crippen LogP contribution in [0.3, 0.4) is 0 Å². The Bertz CT molecular complexity index is 656. The summed E-state index contributed by atoms with van der Waals surface area (Å²) in [6.45, 7) is 5.87. The second-order valence-corrected chi connectivity index (χ2v) is 5.99. The van der Waals surface area contributed by atoms with Crippen molar-refractivity contribution in [3.05, 3.63) is 34.9 Å². The van der Waals surface area contributed by atoms with Gasteiger partial charge < -0.3 is 10.1 Å². The maximum Gasteiger partial charge on any atom is 0.325 e. The van der Waals surface area contributed by atoms with Gasteiger partial charge >= 0.3 is 12.0 Å². The minimum atomic E-state index is -1.07. The van der Waals surface area contributed by atoms with Gasteiger partial charge in [0.2, 0.25) is 0 Å². The van der Waals surface area contributed by atoms with Gasteiger partial charge in [0.25, 0.3) is 5.91 Å². The Morgan fingerprint density at radius 1 is 1.26 bits per heavy atom. The summed E-state index contributed by atoms with van der Waals surface area (Å²) in [5.41, 5.74) is 1.88. The SMILES string of the molecule is COC(=O)CCCN1C(=O)N[C@@](C)(c2ccc(C)c(C)c2)C1=O. The number of esters is 1. The normalized spacial score (nSPS) is 20.6. The first-order valence-corrected chi connectivity index (χ1v) is 7.58. The molecule has 23 heavy (non-hydrogen) atoms. The van der Waals surface area contributed by atoms with E-state index in [-0.39, 0.29) is 24.8 Å². The maximum atomic E-state index is 12.7. The van der Waals surface area contributed by atoms with E-state index in [2.05, 4.69) is 10.1 Å². The minimum Gasteiger partial charge on any atom is -0.469 e. The molecule has 124 valence electrons. The molecule has 0 radical (unpaired) electrons. The standard InChI is InChI=1S/C17H22N2O4/c1-11-7-8-13(10-12(11)2)17(3)15(21)19(16(22)18-17)9-5-6-14(20)23-4/h7-8,10H,5-6,9H2,1-4H3,(H,18,22)/t17-/m0/s1. The van der Waals surface area contributed by atoms with Gasteiger partial charge in [-0.2, -0.15) is 0 Å². The third-order valence-corrected chi connectivity index (χ3v) is 4.35. The number of methoxy groups -OCH3 is 1. The number of carbonyl (C=O) groups excluding carboxylic acids is 3. The molecule has 0 spiro atoms. The summed E-state index contributed by atoms with van der Waals surface area (Å²) in [5.74, 6) is -0.649. The van der Waals surface area contributed by atoms with Gasteiger partial charge in [-0.15, -0.1) is 0 Å². The van der Waals surface area contributed by atoms with Crippen LogP contribution in [-0.4, -0.2) is 36.5 Å². The van der Waals surface area contributed by atoms with Gasteiger partial charge in [-0.1, -0.05) is 18.2 Å². The molecule has 3 amide bonds. The number of nitrogens with zero attached hydrogens (tertiary/aromatic N) is 1. The summed E-state index contributed by atoms with van der Waals surface area (Å²) < 4.78 is 4.56. The minimum absolute atomic E-state index is 0.175. The van der Waals surface area contributed by atoms with Gasteiger partial charge in [0, 0.05) is 13.0 Å². The second kappa shape index (κ2) is 6.40. The number of ether oxygens (including phenoxy) is 1. The van der Waals surface area contributed by atoms with Crippen molar-refractivity contribution in [3.63, 3.8) is 0 Å². The Balaban J connectivity index is 2.15. The summed E-state index contributed by atoms with van der Waals surface area (Å²) in [6, 6.07) is 5.29. The van der Waals surface area contributed by atoms with E-state index in [9.17, 15) is 14.4 Å². The smallest absolute Gasteiger partial charge is 0.325 e. The highest BCUT2D eigenvalue weighted by molar-refractivity contribution is 6.07. The zero-order valence-electron chi connectivity index (χ0n) is 13.9. The molecule has 0 bridgehead atoms. The fourth-order valence-electron chi connectivity index (χ4n) is 2.63. The van der Waals surface area contributed by atoms with Crippen LogP contribution in [0.15, 0.2) is 18.2 Å². The zero-order chi connectivity index (χ0) is 17.2. The van der Waals surface area contributed by atoms with E-state index in [0.29, 0.717) is 6.42 Å². The predicted molar refractivity (Wildman–Crippen MR) is 84.8 cm³/mol. The van der Waals surface area contributed by atoms with E-state index in [0.717, 1.165) is 21.6 Å². The average molecular weight is 318 g/mol. The molecule has 1 aliphatic heterocycles. The van der Waals surface area contributed by atoms with Crippen molar-refractivity contribution >= 4 is 17.9 Å². The molecule has 1 heterocycles. The van der Waals surface area contributed by atoms with Crippen molar-refractivity contribution in [2.24, 2.45) is 0 Å². The van der Waals surface area contributed by atoms with E-state index >= 15 is 0 Å². The molecule has 6 nitrogen and oxygen atoms in total. The number of benzene rings is 1. The Labute approximate surface area is 135 Å². The van der Waals surface area contributed by atoms with Crippen LogP contribution in [0.5, 0.6) is 0 Å². The number of carbonyl (C=O) groups is 3. The summed E-state index contributed by atoms with van der Waals surface area (Å²) >= 11 is 0. The Kier molecular flexibility index (Phi) is 4.73. The molecule has 1 aromatic rings. The molecule has 1 fully saturated rings. The van der Waals surface area contributed by atoms with Crippen LogP contribution in [0.1, 0.15) is 36.5 Å². The molecule has 6 heteroatoms. The van der Waals surface area contributed by atoms with Gasteiger partial charge in [0.1, 0.15) is 5.54 Å². The Morgan fingerprint density at radius 3 is 2.57 bits per heavy atom. The van der Waals surface area contributed by atoms with Crippen LogP contribution in [-0.2, 0) is 19.9 Å². The quantitative estimate of drug-likeness (QED) is 0.666. The van der Waals surface area contributed by atoms with Crippen LogP contribution < -0.4 is 5.32 Å². The van der Waals surface area contributed by atoms with E-state index in [1.165, 1.54) is 7.11 Å². The number of amides is 3. The molecule has 1 atom stereocenters. The largest absolute Gasteiger partial charge is 0.469 e. The van der Waals surface area contributed by atoms with Crippen LogP contribution in [0.2, 0.25) is 0 Å². The van der Waals surface area contributed by atoms with Crippen molar-refractivity contribution in [2.75, 3.05) is 13.7 Å². The molecule has 1 saturated heterocycles. The number of imide groups is 1. The van der Waals surface area contributed by atoms with Crippen molar-refractivity contribution in [3.8, 4) is 0 Å². The molecule has 0 unspecified atom stereocenters. The predicted octanol–water partition coefficient (Wildman–Crippen LogP) is 2.02. The number of aryl methyl sites for hydroxylation is 2. The molecule has 2 rings (SSSR count). The topological polar surface area (TPSA) is 75.7 Å². The van der Waals surface area contributed by atoms with Crippen molar-refractivity contribution in [2.45, 2.75) is 39.2 Å². The molecular weight excluding hydrogens is 296 g/mol. The van der Waals surface area contributed by atoms with Crippen molar-refractivity contribution in [1.29, 1.82) is 0 Å². The fourth-order valence-corrected chi connectivity index (χ4v) is 2.63. The van der Waals surface area contributed by atoms with Gasteiger partial charge in [-0.05, 0) is 43.9 Å². The van der Waals surface area contributed by atoms with Crippen molar-refractivity contribution < 1.29 is 19.1 Å². The number of rotatable bonds is 5. The van der Waals surface area contributed by atoms with Gasteiger partial charge in [0.05, 0.1) is 7.11 Å². The lowest BCUT2D eigenvalue weighted by atomic mass is 9.89. The molecular formula is C17H22N2O4. The first-order chi connectivity index (χ1) is 10.8. The summed E-state index contributed by atoms with van der Waals surface area (Å²) in [5, 5.41) is 2.77. The lowest BCUT2D eigenvalue weighted by Crippen LogP contribution is -2.41. The van der Waals surface area contributed by atoms with Crippen LogP contribution in [0.4, 0.5) is 4.79 Å². The molecule has 1 aliphatic rings. The maximum absolute atomic E-state index is 12.7. The highest BCUT2D eigenvalue weighted by atomic mass is 16.5. The zero-order valence-corrected chi connectivity index (χ0v) is 13.9. The third kappa shape index (κ3) is 3.21. The number of nitrogens with one attached hydrogen (secondary N) is 1. The van der Waals surface area contributed by atoms with Crippen LogP contribution >= 0.6 is 0 Å². The van der Waals surface area contributed by atoms with Crippen molar-refractivity contribution in [1.82, 2.24) is 10.2 Å². The van der Waals surface area contributed by atoms with Gasteiger partial charge in [0.15, 0.2) is 0 Å². The molecule has 0 saturated carbocycles. The highest BCUT2D eigenvalue weighted by Crippen LogP contribution is 2.30. The summed E-state index contributed by atoms with van der Waals surface area (Å²) in [6.07, 6.45) is 0.558. The molecule has 1 aromatic carbocycles. The molecule has 1 N–H and O–H groups in total.